The molecule has 0 bridgehead atoms. The Hall–Kier alpha value is 1.29. The molecule has 0 saturated carbocycles. The minimum absolute atomic E-state index is 0.178. The highest BCUT2D eigenvalue weighted by molar-refractivity contribution is 9.23. The van der Waals surface area contributed by atoms with E-state index in [1.54, 1.807) is 0 Å². The lowest BCUT2D eigenvalue weighted by Crippen LogP contribution is -1.71. The highest BCUT2D eigenvalue weighted by atomic mass is 79.9. The maximum absolute atomic E-state index is 3.36. The lowest BCUT2D eigenvalue weighted by molar-refractivity contribution is 1.01. The molecule has 0 fully saturated rings. The number of hydrogen-bond acceptors (Lipinski definition) is 0. The zero-order valence-electron chi connectivity index (χ0n) is 4.58. The summed E-state index contributed by atoms with van der Waals surface area (Å²) >= 11 is 6.51. The molecular weight excluding hydrogens is 244 g/mol. The molecule has 0 spiro atoms. The summed E-state index contributed by atoms with van der Waals surface area (Å²) < 4.78 is 3.07. The first kappa shape index (κ1) is 9.29. The smallest absolute Gasteiger partial charge is 0.277 e. The van der Waals surface area contributed by atoms with Crippen molar-refractivity contribution in [2.24, 2.45) is 0 Å². The fraction of sp³-hybridized carbons (Fsp3) is 0.600. The Morgan fingerprint density at radius 2 is 2.25 bits per heavy atom. The first-order valence-electron chi connectivity index (χ1n) is 2.49. The van der Waals surface area contributed by atoms with E-state index in [2.05, 4.69) is 38.8 Å². The Morgan fingerprint density at radius 1 is 1.50 bits per heavy atom. The van der Waals surface area contributed by atoms with Crippen molar-refractivity contribution in [2.45, 2.75) is 12.8 Å². The van der Waals surface area contributed by atoms with Gasteiger partial charge in [-0.05, 0) is 6.42 Å². The molecule has 0 saturated heterocycles. The SMILES string of the molecule is BrCCCC#[C][Mg][Br]. The summed E-state index contributed by atoms with van der Waals surface area (Å²) in [4.78, 5) is 0. The van der Waals surface area contributed by atoms with Crippen molar-refractivity contribution in [3.05, 3.63) is 0 Å². The summed E-state index contributed by atoms with van der Waals surface area (Å²) in [6.45, 7) is 0. The van der Waals surface area contributed by atoms with E-state index >= 15 is 0 Å². The minimum Gasteiger partial charge on any atom is -0.277 e. The predicted molar refractivity (Wildman–Crippen MR) is 45.5 cm³/mol. The number of rotatable bonds is 2. The van der Waals surface area contributed by atoms with Gasteiger partial charge >= 0.3 is 18.2 Å². The summed E-state index contributed by atoms with van der Waals surface area (Å²) in [6, 6.07) is 0. The van der Waals surface area contributed by atoms with Gasteiger partial charge in [-0.1, -0.05) is 15.9 Å². The lowest BCUT2D eigenvalue weighted by atomic mass is 10.4. The molecule has 8 heavy (non-hydrogen) atoms. The van der Waals surface area contributed by atoms with Gasteiger partial charge in [0.25, 0.3) is 0 Å². The van der Waals surface area contributed by atoms with Crippen LogP contribution in [0.2, 0.25) is 0 Å². The summed E-state index contributed by atoms with van der Waals surface area (Å²) in [5.41, 5.74) is 0. The third-order valence-corrected chi connectivity index (χ3v) is 2.41. The Labute approximate surface area is 74.5 Å². The molecule has 0 radical (unpaired) electrons. The van der Waals surface area contributed by atoms with Crippen molar-refractivity contribution in [1.82, 2.24) is 0 Å². The maximum atomic E-state index is 3.36. The van der Waals surface area contributed by atoms with E-state index in [4.69, 9.17) is 0 Å². The van der Waals surface area contributed by atoms with Gasteiger partial charge < -0.3 is 0 Å². The van der Waals surface area contributed by atoms with Crippen LogP contribution in [0, 0.1) is 9.97 Å². The quantitative estimate of drug-likeness (QED) is 0.305. The van der Waals surface area contributed by atoms with Gasteiger partial charge in [-0.15, -0.1) is 5.92 Å². The van der Waals surface area contributed by atoms with E-state index in [-0.39, 0.29) is 18.2 Å². The van der Waals surface area contributed by atoms with Crippen LogP contribution in [0.3, 0.4) is 0 Å². The van der Waals surface area contributed by atoms with Crippen LogP contribution < -0.4 is 0 Å². The molecule has 0 N–H and O–H groups in total. The van der Waals surface area contributed by atoms with Crippen LogP contribution in [0.15, 0.2) is 0 Å². The number of halogens is 2. The lowest BCUT2D eigenvalue weighted by Gasteiger charge is -1.80. The molecule has 0 nitrogen and oxygen atoms in total. The third-order valence-electron chi connectivity index (χ3n) is 0.627. The molecule has 0 aromatic heterocycles. The van der Waals surface area contributed by atoms with E-state index < -0.39 is 0 Å². The van der Waals surface area contributed by atoms with Gasteiger partial charge in [0.2, 0.25) is 0 Å². The van der Waals surface area contributed by atoms with E-state index in [0.29, 0.717) is 0 Å². The van der Waals surface area contributed by atoms with Crippen molar-refractivity contribution >= 4 is 47.0 Å². The Bertz CT molecular complexity index is 92.3. The second kappa shape index (κ2) is 8.29. The number of alkyl halides is 1. The molecule has 42 valence electrons. The van der Waals surface area contributed by atoms with E-state index in [1.165, 1.54) is 6.42 Å². The molecule has 0 atom stereocenters. The Kier molecular flexibility index (Phi) is 9.62. The van der Waals surface area contributed by atoms with Crippen molar-refractivity contribution < 1.29 is 0 Å². The standard InChI is InChI=1S/C5H6Br.BrH.Mg/c1-2-3-4-5-6;;/h3-5H2;1H;/q;;+1/p-1. The molecule has 0 amide bonds. The van der Waals surface area contributed by atoms with Gasteiger partial charge in [-0.2, -0.15) is 0 Å². The van der Waals surface area contributed by atoms with Crippen molar-refractivity contribution in [1.29, 1.82) is 0 Å². The predicted octanol–water partition coefficient (Wildman–Crippen LogP) is 2.14. The van der Waals surface area contributed by atoms with Gasteiger partial charge in [0, 0.05) is 11.8 Å². The molecule has 0 aromatic carbocycles. The minimum atomic E-state index is -0.178. The van der Waals surface area contributed by atoms with Crippen molar-refractivity contribution in [3.63, 3.8) is 0 Å². The van der Waals surface area contributed by atoms with Crippen LogP contribution in [0.5, 0.6) is 0 Å². The van der Waals surface area contributed by atoms with E-state index in [9.17, 15) is 0 Å². The van der Waals surface area contributed by atoms with Crippen LogP contribution in [0.4, 0.5) is 0 Å². The Morgan fingerprint density at radius 3 is 2.75 bits per heavy atom. The molecule has 0 aliphatic rings. The van der Waals surface area contributed by atoms with Crippen LogP contribution in [-0.2, 0) is 0 Å². The highest BCUT2D eigenvalue weighted by Crippen LogP contribution is 1.90. The maximum Gasteiger partial charge on any atom is 0.569 e. The average molecular weight is 250 g/mol. The van der Waals surface area contributed by atoms with E-state index in [0.717, 1.165) is 11.8 Å². The summed E-state index contributed by atoms with van der Waals surface area (Å²) in [6.07, 6.45) is 2.22. The largest absolute Gasteiger partial charge is 0.569 e. The first-order chi connectivity index (χ1) is 3.91. The van der Waals surface area contributed by atoms with Crippen molar-refractivity contribution in [3.8, 4) is 9.97 Å². The molecule has 0 aromatic rings. The van der Waals surface area contributed by atoms with Gasteiger partial charge in [-0.25, -0.2) is 0 Å². The molecular formula is C5H6Br2Mg. The molecule has 0 heterocycles. The monoisotopic (exact) mass is 248 g/mol. The van der Waals surface area contributed by atoms with Gasteiger partial charge in [0.05, 0.1) is 0 Å². The van der Waals surface area contributed by atoms with Gasteiger partial charge in [0.1, 0.15) is 0 Å². The van der Waals surface area contributed by atoms with Gasteiger partial charge in [-0.3, -0.25) is 16.9 Å². The molecule has 0 aliphatic heterocycles. The zero-order valence-corrected chi connectivity index (χ0v) is 9.17. The highest BCUT2D eigenvalue weighted by Gasteiger charge is 1.77. The first-order valence-corrected chi connectivity index (χ1v) is 8.22. The fourth-order valence-corrected chi connectivity index (χ4v) is 1.44. The Balaban J connectivity index is 2.90. The second-order valence-corrected chi connectivity index (χ2v) is 4.38. The zero-order chi connectivity index (χ0) is 6.24. The fourth-order valence-electron chi connectivity index (χ4n) is 0.291. The van der Waals surface area contributed by atoms with Crippen LogP contribution in [-0.4, -0.2) is 23.5 Å². The van der Waals surface area contributed by atoms with Crippen LogP contribution >= 0.6 is 28.8 Å². The summed E-state index contributed by atoms with van der Waals surface area (Å²) in [7, 11) is 0. The van der Waals surface area contributed by atoms with Crippen LogP contribution in [0.25, 0.3) is 0 Å². The van der Waals surface area contributed by atoms with E-state index in [1.807, 2.05) is 0 Å². The van der Waals surface area contributed by atoms with Crippen molar-refractivity contribution in [2.75, 3.05) is 5.33 Å². The topological polar surface area (TPSA) is 0 Å². The number of hydrogen-bond donors (Lipinski definition) is 0. The molecule has 3 heteroatoms. The summed E-state index contributed by atoms with van der Waals surface area (Å²) in [5.74, 6) is 3.07. The molecule has 0 rings (SSSR count). The normalized spacial score (nSPS) is 6.75. The number of unbranched alkanes of at least 4 members (excludes halogenated alkanes) is 1. The van der Waals surface area contributed by atoms with Gasteiger partial charge in [0.15, 0.2) is 0 Å². The third kappa shape index (κ3) is 7.29. The van der Waals surface area contributed by atoms with Crippen LogP contribution in [0.1, 0.15) is 12.8 Å². The molecule has 0 unspecified atom stereocenters. The average Bonchev–Trinajstić information content (AvgIpc) is 1.81. The summed E-state index contributed by atoms with van der Waals surface area (Å²) in [5, 5.41) is 1.07. The molecule has 0 aliphatic carbocycles. The second-order valence-electron chi connectivity index (χ2n) is 1.28.